The van der Waals surface area contributed by atoms with Crippen molar-refractivity contribution in [3.63, 3.8) is 0 Å². The van der Waals surface area contributed by atoms with Gasteiger partial charge in [0, 0.05) is 18.2 Å². The Morgan fingerprint density at radius 1 is 1.03 bits per heavy atom. The average Bonchev–Trinajstić information content (AvgIpc) is 3.20. The molecule has 0 spiro atoms. The molecule has 0 aliphatic carbocycles. The van der Waals surface area contributed by atoms with Gasteiger partial charge in [-0.15, -0.1) is 0 Å². The highest BCUT2D eigenvalue weighted by molar-refractivity contribution is 7.07. The zero-order chi connectivity index (χ0) is 21.1. The number of carbonyl (C=O) groups excluding carboxylic acids is 3. The van der Waals surface area contributed by atoms with E-state index < -0.39 is 24.5 Å². The molecular formula is C20H24N2O6S. The molecule has 0 saturated carbocycles. The molecule has 2 N–H and O–H groups in total. The van der Waals surface area contributed by atoms with Gasteiger partial charge >= 0.3 is 12.0 Å². The van der Waals surface area contributed by atoms with Crippen LogP contribution in [0.25, 0.3) is 0 Å². The van der Waals surface area contributed by atoms with Gasteiger partial charge in [0.1, 0.15) is 0 Å². The normalized spacial score (nSPS) is 10.1. The van der Waals surface area contributed by atoms with Crippen LogP contribution in [0.1, 0.15) is 25.8 Å². The average molecular weight is 420 g/mol. The first-order valence-corrected chi connectivity index (χ1v) is 10.1. The Labute approximate surface area is 173 Å². The number of hydrogen-bond donors (Lipinski definition) is 2. The molecule has 1 aromatic carbocycles. The van der Waals surface area contributed by atoms with Crippen molar-refractivity contribution in [2.45, 2.75) is 26.7 Å². The minimum absolute atomic E-state index is 0.169. The second-order valence-electron chi connectivity index (χ2n) is 5.82. The number of imide groups is 1. The third kappa shape index (κ3) is 7.82. The highest BCUT2D eigenvalue weighted by atomic mass is 32.1. The number of anilines is 1. The van der Waals surface area contributed by atoms with Crippen LogP contribution in [0.3, 0.4) is 0 Å². The first kappa shape index (κ1) is 22.2. The van der Waals surface area contributed by atoms with E-state index in [-0.39, 0.29) is 6.42 Å². The van der Waals surface area contributed by atoms with E-state index in [0.717, 1.165) is 5.56 Å². The standard InChI is InChI=1S/C20H24N2O6S/c1-3-26-16-7-6-15(11-17(16)27-4-2)21-20(25)22-18(23)12-28-19(24)8-5-14-9-10-29-13-14/h6-7,9-11,13H,3-5,8,12H2,1-2H3,(H2,21,22,23,25). The highest BCUT2D eigenvalue weighted by Crippen LogP contribution is 2.30. The van der Waals surface area contributed by atoms with Crippen LogP contribution in [0.15, 0.2) is 35.0 Å². The smallest absolute Gasteiger partial charge is 0.325 e. The number of carbonyl (C=O) groups is 3. The molecule has 0 aliphatic rings. The van der Waals surface area contributed by atoms with Crippen LogP contribution in [-0.2, 0) is 20.7 Å². The maximum atomic E-state index is 12.0. The molecule has 9 heteroatoms. The summed E-state index contributed by atoms with van der Waals surface area (Å²) in [6.45, 7) is 4.09. The summed E-state index contributed by atoms with van der Waals surface area (Å²) in [6, 6.07) is 6.08. The highest BCUT2D eigenvalue weighted by Gasteiger charge is 2.13. The molecule has 3 amide bonds. The molecule has 156 valence electrons. The van der Waals surface area contributed by atoms with Gasteiger partial charge in [0.25, 0.3) is 5.91 Å². The van der Waals surface area contributed by atoms with E-state index in [9.17, 15) is 14.4 Å². The Hall–Kier alpha value is -3.07. The number of hydrogen-bond acceptors (Lipinski definition) is 7. The Bertz CT molecular complexity index is 822. The Morgan fingerprint density at radius 3 is 2.48 bits per heavy atom. The lowest BCUT2D eigenvalue weighted by Crippen LogP contribution is -2.37. The molecule has 29 heavy (non-hydrogen) atoms. The van der Waals surface area contributed by atoms with E-state index in [1.807, 2.05) is 30.7 Å². The van der Waals surface area contributed by atoms with Crippen molar-refractivity contribution in [2.24, 2.45) is 0 Å². The quantitative estimate of drug-likeness (QED) is 0.571. The SMILES string of the molecule is CCOc1ccc(NC(=O)NC(=O)COC(=O)CCc2ccsc2)cc1OCC. The minimum atomic E-state index is -0.740. The molecule has 2 aromatic rings. The second-order valence-corrected chi connectivity index (χ2v) is 6.60. The summed E-state index contributed by atoms with van der Waals surface area (Å²) in [5.41, 5.74) is 1.47. The minimum Gasteiger partial charge on any atom is -0.490 e. The van der Waals surface area contributed by atoms with E-state index in [0.29, 0.717) is 36.8 Å². The number of rotatable bonds is 10. The van der Waals surface area contributed by atoms with Crippen LogP contribution >= 0.6 is 11.3 Å². The first-order valence-electron chi connectivity index (χ1n) is 9.19. The van der Waals surface area contributed by atoms with Gasteiger partial charge in [0.2, 0.25) is 0 Å². The number of urea groups is 1. The zero-order valence-electron chi connectivity index (χ0n) is 16.4. The van der Waals surface area contributed by atoms with Crippen LogP contribution in [0, 0.1) is 0 Å². The number of aryl methyl sites for hydroxylation is 1. The monoisotopic (exact) mass is 420 g/mol. The van der Waals surface area contributed by atoms with Gasteiger partial charge in [-0.05, 0) is 54.8 Å². The topological polar surface area (TPSA) is 103 Å². The van der Waals surface area contributed by atoms with Crippen LogP contribution in [-0.4, -0.2) is 37.7 Å². The molecule has 1 heterocycles. The van der Waals surface area contributed by atoms with Gasteiger partial charge in [-0.2, -0.15) is 11.3 Å². The summed E-state index contributed by atoms with van der Waals surface area (Å²) >= 11 is 1.55. The fourth-order valence-electron chi connectivity index (χ4n) is 2.35. The van der Waals surface area contributed by atoms with Crippen LogP contribution in [0.4, 0.5) is 10.5 Å². The van der Waals surface area contributed by atoms with Crippen LogP contribution in [0.2, 0.25) is 0 Å². The van der Waals surface area contributed by atoms with E-state index in [1.54, 1.807) is 29.5 Å². The molecule has 2 rings (SSSR count). The number of benzene rings is 1. The van der Waals surface area contributed by atoms with Gasteiger partial charge in [0.05, 0.1) is 13.2 Å². The van der Waals surface area contributed by atoms with Gasteiger partial charge in [-0.1, -0.05) is 0 Å². The van der Waals surface area contributed by atoms with Crippen molar-refractivity contribution in [3.05, 3.63) is 40.6 Å². The molecule has 0 aliphatic heterocycles. The molecule has 0 atom stereocenters. The van der Waals surface area contributed by atoms with Crippen molar-refractivity contribution in [3.8, 4) is 11.5 Å². The largest absolute Gasteiger partial charge is 0.490 e. The van der Waals surface area contributed by atoms with E-state index in [2.05, 4.69) is 10.6 Å². The maximum absolute atomic E-state index is 12.0. The number of ether oxygens (including phenoxy) is 3. The summed E-state index contributed by atoms with van der Waals surface area (Å²) < 4.78 is 15.8. The van der Waals surface area contributed by atoms with Crippen molar-refractivity contribution in [2.75, 3.05) is 25.1 Å². The maximum Gasteiger partial charge on any atom is 0.325 e. The summed E-state index contributed by atoms with van der Waals surface area (Å²) in [6.07, 6.45) is 0.715. The Balaban J connectivity index is 1.76. The van der Waals surface area contributed by atoms with E-state index in [1.165, 1.54) is 0 Å². The van der Waals surface area contributed by atoms with E-state index >= 15 is 0 Å². The molecule has 0 unspecified atom stereocenters. The van der Waals surface area contributed by atoms with Gasteiger partial charge < -0.3 is 19.5 Å². The van der Waals surface area contributed by atoms with Crippen molar-refractivity contribution in [1.29, 1.82) is 0 Å². The Morgan fingerprint density at radius 2 is 1.79 bits per heavy atom. The lowest BCUT2D eigenvalue weighted by Gasteiger charge is -2.13. The second kappa shape index (κ2) is 11.7. The molecule has 0 fully saturated rings. The summed E-state index contributed by atoms with van der Waals surface area (Å²) in [7, 11) is 0. The van der Waals surface area contributed by atoms with Crippen molar-refractivity contribution >= 4 is 34.9 Å². The predicted molar refractivity (Wildman–Crippen MR) is 110 cm³/mol. The Kier molecular flexibility index (Phi) is 8.97. The number of thiophene rings is 1. The van der Waals surface area contributed by atoms with Crippen LogP contribution < -0.4 is 20.1 Å². The number of esters is 1. The molecule has 0 saturated heterocycles. The molecule has 1 aromatic heterocycles. The molecular weight excluding hydrogens is 396 g/mol. The van der Waals surface area contributed by atoms with Gasteiger partial charge in [-0.25, -0.2) is 4.79 Å². The predicted octanol–water partition coefficient (Wildman–Crippen LogP) is 3.37. The summed E-state index contributed by atoms with van der Waals surface area (Å²) in [5.74, 6) is -0.175. The van der Waals surface area contributed by atoms with Crippen molar-refractivity contribution < 1.29 is 28.6 Å². The van der Waals surface area contributed by atoms with E-state index in [4.69, 9.17) is 14.2 Å². The first-order chi connectivity index (χ1) is 14.0. The third-order valence-electron chi connectivity index (χ3n) is 3.62. The fourth-order valence-corrected chi connectivity index (χ4v) is 3.06. The number of nitrogens with one attached hydrogen (secondary N) is 2. The molecule has 0 radical (unpaired) electrons. The lowest BCUT2D eigenvalue weighted by atomic mass is 10.2. The molecule has 0 bridgehead atoms. The fraction of sp³-hybridized carbons (Fsp3) is 0.350. The van der Waals surface area contributed by atoms with Gasteiger partial charge in [0.15, 0.2) is 18.1 Å². The molecule has 8 nitrogen and oxygen atoms in total. The third-order valence-corrected chi connectivity index (χ3v) is 4.35. The summed E-state index contributed by atoms with van der Waals surface area (Å²) in [4.78, 5) is 35.5. The zero-order valence-corrected chi connectivity index (χ0v) is 17.2. The van der Waals surface area contributed by atoms with Gasteiger partial charge in [-0.3, -0.25) is 14.9 Å². The summed E-state index contributed by atoms with van der Waals surface area (Å²) in [5, 5.41) is 8.51. The van der Waals surface area contributed by atoms with Crippen molar-refractivity contribution in [1.82, 2.24) is 5.32 Å². The number of amides is 3. The van der Waals surface area contributed by atoms with Crippen LogP contribution in [0.5, 0.6) is 11.5 Å². The lowest BCUT2D eigenvalue weighted by molar-refractivity contribution is -0.148.